The summed E-state index contributed by atoms with van der Waals surface area (Å²) in [6.45, 7) is 2.35. The Morgan fingerprint density at radius 3 is 2.60 bits per heavy atom. The minimum absolute atomic E-state index is 0.169. The lowest BCUT2D eigenvalue weighted by Crippen LogP contribution is -2.40. The van der Waals surface area contributed by atoms with Crippen LogP contribution in [0.25, 0.3) is 0 Å². The molecule has 4 N–H and O–H groups in total. The maximum absolute atomic E-state index is 11.5. The second kappa shape index (κ2) is 8.44. The van der Waals surface area contributed by atoms with E-state index in [4.69, 9.17) is 15.6 Å². The smallest absolute Gasteiger partial charge is 0.248 e. The van der Waals surface area contributed by atoms with E-state index in [1.54, 1.807) is 0 Å². The quantitative estimate of drug-likeness (QED) is 0.593. The molecule has 0 saturated heterocycles. The van der Waals surface area contributed by atoms with E-state index in [1.165, 1.54) is 11.8 Å². The maximum Gasteiger partial charge on any atom is 0.248 e. The first-order valence-corrected chi connectivity index (χ1v) is 7.11. The largest absolute Gasteiger partial charge is 0.494 e. The molecule has 1 aromatic carbocycles. The number of carbonyl (C=O) groups excluding carboxylic acids is 2. The molecule has 1 rings (SSSR count). The SMILES string of the molecule is CCOc1ccc(SCC(=O)NCC(O)C(N)=O)cc1. The van der Waals surface area contributed by atoms with Gasteiger partial charge in [0.05, 0.1) is 18.9 Å². The third-order valence-corrected chi connectivity index (χ3v) is 3.34. The average molecular weight is 298 g/mol. The number of aliphatic hydroxyl groups is 1. The standard InChI is InChI=1S/C13H18N2O4S/c1-2-19-9-3-5-10(6-4-9)20-8-12(17)15-7-11(16)13(14)18/h3-6,11,16H,2,7-8H2,1H3,(H2,14,18)(H,15,17). The Kier molecular flexibility index (Phi) is 6.89. The van der Waals surface area contributed by atoms with Gasteiger partial charge in [-0.15, -0.1) is 11.8 Å². The summed E-state index contributed by atoms with van der Waals surface area (Å²) < 4.78 is 5.31. The highest BCUT2D eigenvalue weighted by Crippen LogP contribution is 2.21. The van der Waals surface area contributed by atoms with Crippen molar-refractivity contribution in [1.82, 2.24) is 5.32 Å². The van der Waals surface area contributed by atoms with E-state index in [2.05, 4.69) is 5.32 Å². The zero-order valence-corrected chi connectivity index (χ0v) is 12.0. The van der Waals surface area contributed by atoms with Crippen molar-refractivity contribution < 1.29 is 19.4 Å². The summed E-state index contributed by atoms with van der Waals surface area (Å²) >= 11 is 1.35. The fourth-order valence-corrected chi connectivity index (χ4v) is 2.04. The molecule has 1 unspecified atom stereocenters. The van der Waals surface area contributed by atoms with Gasteiger partial charge in [0, 0.05) is 4.90 Å². The number of thioether (sulfide) groups is 1. The van der Waals surface area contributed by atoms with Gasteiger partial charge in [0.25, 0.3) is 0 Å². The van der Waals surface area contributed by atoms with E-state index >= 15 is 0 Å². The van der Waals surface area contributed by atoms with Crippen LogP contribution in [0, 0.1) is 0 Å². The third kappa shape index (κ3) is 5.94. The average Bonchev–Trinajstić information content (AvgIpc) is 2.44. The molecule has 20 heavy (non-hydrogen) atoms. The second-order valence-corrected chi connectivity index (χ2v) is 4.96. The highest BCUT2D eigenvalue weighted by Gasteiger charge is 2.12. The summed E-state index contributed by atoms with van der Waals surface area (Å²) in [5.74, 6) is -0.154. The van der Waals surface area contributed by atoms with E-state index in [9.17, 15) is 9.59 Å². The second-order valence-electron chi connectivity index (χ2n) is 3.92. The third-order valence-electron chi connectivity index (χ3n) is 2.33. The van der Waals surface area contributed by atoms with Crippen LogP contribution in [-0.4, -0.2) is 41.9 Å². The molecule has 0 radical (unpaired) electrons. The van der Waals surface area contributed by atoms with Gasteiger partial charge in [-0.1, -0.05) is 0 Å². The maximum atomic E-state index is 11.5. The molecule has 1 atom stereocenters. The van der Waals surface area contributed by atoms with Gasteiger partial charge in [-0.2, -0.15) is 0 Å². The summed E-state index contributed by atoms with van der Waals surface area (Å²) in [6, 6.07) is 7.39. The molecule has 0 aliphatic heterocycles. The lowest BCUT2D eigenvalue weighted by Gasteiger charge is -2.08. The fourth-order valence-electron chi connectivity index (χ4n) is 1.31. The molecule has 0 aliphatic carbocycles. The van der Waals surface area contributed by atoms with Gasteiger partial charge in [-0.05, 0) is 31.2 Å². The van der Waals surface area contributed by atoms with Gasteiger partial charge in [0.15, 0.2) is 0 Å². The predicted octanol–water partition coefficient (Wildman–Crippen LogP) is 0.140. The normalized spacial score (nSPS) is 11.7. The highest BCUT2D eigenvalue weighted by molar-refractivity contribution is 8.00. The number of hydrogen-bond donors (Lipinski definition) is 3. The first-order valence-electron chi connectivity index (χ1n) is 6.12. The number of amides is 2. The van der Waals surface area contributed by atoms with Crippen LogP contribution in [0.15, 0.2) is 29.2 Å². The molecule has 0 aliphatic rings. The van der Waals surface area contributed by atoms with Crippen LogP contribution in [0.4, 0.5) is 0 Å². The molecule has 0 aromatic heterocycles. The topological polar surface area (TPSA) is 102 Å². The zero-order valence-electron chi connectivity index (χ0n) is 11.2. The van der Waals surface area contributed by atoms with Crippen molar-refractivity contribution in [2.24, 2.45) is 5.73 Å². The number of benzene rings is 1. The molecule has 0 spiro atoms. The predicted molar refractivity (Wildman–Crippen MR) is 76.5 cm³/mol. The Labute approximate surface area is 121 Å². The summed E-state index contributed by atoms with van der Waals surface area (Å²) in [5.41, 5.74) is 4.87. The molecular weight excluding hydrogens is 280 g/mol. The number of aliphatic hydroxyl groups excluding tert-OH is 1. The number of ether oxygens (including phenoxy) is 1. The van der Waals surface area contributed by atoms with Crippen LogP contribution in [0.2, 0.25) is 0 Å². The number of rotatable bonds is 8. The number of primary amides is 1. The van der Waals surface area contributed by atoms with Crippen molar-refractivity contribution in [3.05, 3.63) is 24.3 Å². The molecule has 2 amide bonds. The number of nitrogens with one attached hydrogen (secondary N) is 1. The van der Waals surface area contributed by atoms with E-state index in [0.29, 0.717) is 6.61 Å². The van der Waals surface area contributed by atoms with Crippen LogP contribution in [0.3, 0.4) is 0 Å². The first kappa shape index (κ1) is 16.3. The van der Waals surface area contributed by atoms with Crippen molar-refractivity contribution in [2.45, 2.75) is 17.9 Å². The molecule has 0 saturated carbocycles. The summed E-state index contributed by atoms with van der Waals surface area (Å²) in [7, 11) is 0. The van der Waals surface area contributed by atoms with Crippen molar-refractivity contribution in [2.75, 3.05) is 18.9 Å². The molecule has 0 heterocycles. The van der Waals surface area contributed by atoms with E-state index < -0.39 is 12.0 Å². The number of carbonyl (C=O) groups is 2. The molecule has 1 aromatic rings. The van der Waals surface area contributed by atoms with E-state index in [-0.39, 0.29) is 18.2 Å². The first-order chi connectivity index (χ1) is 9.52. The van der Waals surface area contributed by atoms with Crippen LogP contribution in [-0.2, 0) is 9.59 Å². The van der Waals surface area contributed by atoms with Gasteiger partial charge in [0.2, 0.25) is 11.8 Å². The fraction of sp³-hybridized carbons (Fsp3) is 0.385. The Morgan fingerprint density at radius 1 is 1.40 bits per heavy atom. The zero-order chi connectivity index (χ0) is 15.0. The molecule has 110 valence electrons. The van der Waals surface area contributed by atoms with Crippen molar-refractivity contribution in [3.8, 4) is 5.75 Å². The van der Waals surface area contributed by atoms with Gasteiger partial charge in [0.1, 0.15) is 11.9 Å². The van der Waals surface area contributed by atoms with Crippen LogP contribution in [0.1, 0.15) is 6.92 Å². The number of nitrogens with two attached hydrogens (primary N) is 1. The number of hydrogen-bond acceptors (Lipinski definition) is 5. The monoisotopic (exact) mass is 298 g/mol. The molecule has 0 bridgehead atoms. The lowest BCUT2D eigenvalue weighted by molar-refractivity contribution is -0.126. The van der Waals surface area contributed by atoms with Gasteiger partial charge >= 0.3 is 0 Å². The Morgan fingerprint density at radius 2 is 2.05 bits per heavy atom. The minimum atomic E-state index is -1.35. The molecule has 6 nitrogen and oxygen atoms in total. The summed E-state index contributed by atoms with van der Waals surface area (Å²) in [6.07, 6.45) is -1.35. The van der Waals surface area contributed by atoms with Crippen LogP contribution in [0.5, 0.6) is 5.75 Å². The van der Waals surface area contributed by atoms with Gasteiger partial charge in [-0.3, -0.25) is 9.59 Å². The van der Waals surface area contributed by atoms with Crippen LogP contribution >= 0.6 is 11.8 Å². The lowest BCUT2D eigenvalue weighted by atomic mass is 10.3. The van der Waals surface area contributed by atoms with Gasteiger partial charge < -0.3 is 20.9 Å². The van der Waals surface area contributed by atoms with Crippen molar-refractivity contribution >= 4 is 23.6 Å². The van der Waals surface area contributed by atoms with Crippen LogP contribution < -0.4 is 15.8 Å². The molecular formula is C13H18N2O4S. The van der Waals surface area contributed by atoms with Crippen molar-refractivity contribution in [1.29, 1.82) is 0 Å². The van der Waals surface area contributed by atoms with Crippen molar-refractivity contribution in [3.63, 3.8) is 0 Å². The Bertz CT molecular complexity index is 450. The van der Waals surface area contributed by atoms with E-state index in [1.807, 2.05) is 31.2 Å². The summed E-state index contributed by atoms with van der Waals surface area (Å²) in [5, 5.41) is 11.6. The van der Waals surface area contributed by atoms with E-state index in [0.717, 1.165) is 10.6 Å². The Hall–Kier alpha value is -1.73. The minimum Gasteiger partial charge on any atom is -0.494 e. The Balaban J connectivity index is 2.31. The molecule has 0 fully saturated rings. The highest BCUT2D eigenvalue weighted by atomic mass is 32.2. The van der Waals surface area contributed by atoms with Gasteiger partial charge in [-0.25, -0.2) is 0 Å². The molecule has 7 heteroatoms. The summed E-state index contributed by atoms with van der Waals surface area (Å²) in [4.78, 5) is 23.0.